The molecule has 14 heavy (non-hydrogen) atoms. The van der Waals surface area contributed by atoms with Crippen molar-refractivity contribution in [1.82, 2.24) is 0 Å². The third-order valence-corrected chi connectivity index (χ3v) is 4.03. The molecule has 0 spiro atoms. The fraction of sp³-hybridized carbons (Fsp3) is 0.545. The maximum Gasteiger partial charge on any atom is 0.306 e. The molecule has 1 aromatic heterocycles. The Hall–Kier alpha value is -0.830. The van der Waals surface area contributed by atoms with Crippen LogP contribution >= 0.6 is 11.3 Å². The molecule has 3 heteroatoms. The number of hydrogen-bond acceptors (Lipinski definition) is 2. The highest BCUT2D eigenvalue weighted by atomic mass is 32.1. The number of carboxylic acid groups (broad SMARTS) is 1. The lowest BCUT2D eigenvalue weighted by Gasteiger charge is -2.20. The van der Waals surface area contributed by atoms with Crippen LogP contribution < -0.4 is 0 Å². The number of thiophene rings is 1. The molecule has 2 nitrogen and oxygen atoms in total. The summed E-state index contributed by atoms with van der Waals surface area (Å²) in [6.07, 6.45) is 1.04. The van der Waals surface area contributed by atoms with Gasteiger partial charge in [0.15, 0.2) is 0 Å². The molecule has 1 N–H and O–H groups in total. The number of fused-ring (bicyclic) bond motifs is 1. The molecule has 3 atom stereocenters. The van der Waals surface area contributed by atoms with Gasteiger partial charge in [-0.15, -0.1) is 0 Å². The fourth-order valence-electron chi connectivity index (χ4n) is 2.49. The van der Waals surface area contributed by atoms with E-state index in [2.05, 4.69) is 17.7 Å². The molecule has 2 rings (SSSR count). The van der Waals surface area contributed by atoms with Gasteiger partial charge in [0.1, 0.15) is 0 Å². The Morgan fingerprint density at radius 2 is 2.36 bits per heavy atom. The fourth-order valence-corrected chi connectivity index (χ4v) is 3.41. The molecule has 0 aliphatic heterocycles. The number of rotatable bonds is 2. The normalized spacial score (nSPS) is 27.3. The molecule has 0 radical (unpaired) electrons. The number of carbonyl (C=O) groups is 1. The minimum atomic E-state index is -0.680. The van der Waals surface area contributed by atoms with E-state index in [-0.39, 0.29) is 11.8 Å². The smallest absolute Gasteiger partial charge is 0.306 e. The topological polar surface area (TPSA) is 37.3 Å². The summed E-state index contributed by atoms with van der Waals surface area (Å²) in [4.78, 5) is 11.0. The molecule has 0 fully saturated rings. The summed E-state index contributed by atoms with van der Waals surface area (Å²) in [6.45, 7) is 3.96. The Balaban J connectivity index is 2.32. The molecular formula is C11H14O2S. The molecule has 3 unspecified atom stereocenters. The molecule has 1 aromatic rings. The van der Waals surface area contributed by atoms with E-state index in [1.165, 1.54) is 11.1 Å². The minimum Gasteiger partial charge on any atom is -0.481 e. The summed E-state index contributed by atoms with van der Waals surface area (Å²) in [6, 6.07) is 0. The number of aliphatic carboxylic acids is 1. The van der Waals surface area contributed by atoms with E-state index in [1.54, 1.807) is 11.3 Å². The molecule has 0 bridgehead atoms. The van der Waals surface area contributed by atoms with Crippen LogP contribution in [0.1, 0.15) is 30.9 Å². The average molecular weight is 210 g/mol. The summed E-state index contributed by atoms with van der Waals surface area (Å²) in [7, 11) is 0. The largest absolute Gasteiger partial charge is 0.481 e. The van der Waals surface area contributed by atoms with Gasteiger partial charge in [-0.3, -0.25) is 4.79 Å². The highest BCUT2D eigenvalue weighted by molar-refractivity contribution is 7.08. The van der Waals surface area contributed by atoms with Crippen molar-refractivity contribution in [2.45, 2.75) is 26.2 Å². The minimum absolute atomic E-state index is 0.216. The number of carboxylic acids is 1. The van der Waals surface area contributed by atoms with Gasteiger partial charge >= 0.3 is 5.97 Å². The molecular weight excluding hydrogens is 196 g/mol. The van der Waals surface area contributed by atoms with Crippen molar-refractivity contribution in [3.63, 3.8) is 0 Å². The van der Waals surface area contributed by atoms with Gasteiger partial charge in [0.2, 0.25) is 0 Å². The zero-order chi connectivity index (χ0) is 10.3. The van der Waals surface area contributed by atoms with Crippen molar-refractivity contribution in [2.75, 3.05) is 0 Å². The zero-order valence-electron chi connectivity index (χ0n) is 8.36. The number of hydrogen-bond donors (Lipinski definition) is 1. The van der Waals surface area contributed by atoms with Crippen molar-refractivity contribution in [1.29, 1.82) is 0 Å². The zero-order valence-corrected chi connectivity index (χ0v) is 9.17. The molecule has 0 saturated carbocycles. The van der Waals surface area contributed by atoms with Crippen LogP contribution in [0.5, 0.6) is 0 Å². The molecule has 0 saturated heterocycles. The molecule has 76 valence electrons. The maximum absolute atomic E-state index is 11.0. The van der Waals surface area contributed by atoms with Crippen LogP contribution in [0.3, 0.4) is 0 Å². The van der Waals surface area contributed by atoms with E-state index in [0.29, 0.717) is 5.92 Å². The summed E-state index contributed by atoms with van der Waals surface area (Å²) >= 11 is 1.68. The lowest BCUT2D eigenvalue weighted by Crippen LogP contribution is -2.21. The van der Waals surface area contributed by atoms with Gasteiger partial charge in [-0.1, -0.05) is 13.8 Å². The van der Waals surface area contributed by atoms with Gasteiger partial charge in [-0.05, 0) is 34.2 Å². The molecule has 1 heterocycles. The Kier molecular flexibility index (Phi) is 2.35. The molecule has 0 amide bonds. The van der Waals surface area contributed by atoms with E-state index >= 15 is 0 Å². The van der Waals surface area contributed by atoms with E-state index in [9.17, 15) is 4.79 Å². The highest BCUT2D eigenvalue weighted by Crippen LogP contribution is 2.44. The lowest BCUT2D eigenvalue weighted by atomic mass is 9.84. The van der Waals surface area contributed by atoms with E-state index in [4.69, 9.17) is 5.11 Å². The first-order valence-electron chi connectivity index (χ1n) is 4.89. The molecule has 0 aromatic carbocycles. The van der Waals surface area contributed by atoms with Crippen LogP contribution in [0, 0.1) is 11.8 Å². The van der Waals surface area contributed by atoms with Crippen molar-refractivity contribution >= 4 is 17.3 Å². The predicted molar refractivity (Wildman–Crippen MR) is 56.7 cm³/mol. The molecule has 1 aliphatic rings. The molecule has 1 aliphatic carbocycles. The average Bonchev–Trinajstić information content (AvgIpc) is 2.62. The Morgan fingerprint density at radius 1 is 1.64 bits per heavy atom. The lowest BCUT2D eigenvalue weighted by molar-refractivity contribution is -0.142. The van der Waals surface area contributed by atoms with Gasteiger partial charge in [-0.25, -0.2) is 0 Å². The van der Waals surface area contributed by atoms with Crippen molar-refractivity contribution in [3.8, 4) is 0 Å². The predicted octanol–water partition coefficient (Wildman–Crippen LogP) is 2.74. The maximum atomic E-state index is 11.0. The second kappa shape index (κ2) is 3.39. The Labute approximate surface area is 87.6 Å². The Bertz CT molecular complexity index is 356. The second-order valence-electron chi connectivity index (χ2n) is 4.19. The standard InChI is InChI=1S/C11H14O2S/c1-6-3-8-4-14-5-9(8)10(6)7(2)11(12)13/h4-7,10H,3H2,1-2H3,(H,12,13). The van der Waals surface area contributed by atoms with Crippen LogP contribution in [0.25, 0.3) is 0 Å². The second-order valence-corrected chi connectivity index (χ2v) is 4.93. The van der Waals surface area contributed by atoms with E-state index in [0.717, 1.165) is 6.42 Å². The summed E-state index contributed by atoms with van der Waals surface area (Å²) < 4.78 is 0. The van der Waals surface area contributed by atoms with Crippen molar-refractivity contribution < 1.29 is 9.90 Å². The van der Waals surface area contributed by atoms with Crippen molar-refractivity contribution in [2.24, 2.45) is 11.8 Å². The third-order valence-electron chi connectivity index (χ3n) is 3.22. The first kappa shape index (κ1) is 9.71. The van der Waals surface area contributed by atoms with Gasteiger partial charge < -0.3 is 5.11 Å². The quantitative estimate of drug-likeness (QED) is 0.815. The first-order chi connectivity index (χ1) is 6.61. The summed E-state index contributed by atoms with van der Waals surface area (Å²) in [5.41, 5.74) is 2.64. The SMILES string of the molecule is CC1Cc2cscc2C1C(C)C(=O)O. The highest BCUT2D eigenvalue weighted by Gasteiger charge is 2.36. The van der Waals surface area contributed by atoms with Gasteiger partial charge in [0, 0.05) is 5.92 Å². The van der Waals surface area contributed by atoms with Gasteiger partial charge in [-0.2, -0.15) is 11.3 Å². The van der Waals surface area contributed by atoms with Gasteiger partial charge in [0.05, 0.1) is 5.92 Å². The summed E-state index contributed by atoms with van der Waals surface area (Å²) in [5, 5.41) is 13.3. The van der Waals surface area contributed by atoms with Crippen molar-refractivity contribution in [3.05, 3.63) is 21.9 Å². The monoisotopic (exact) mass is 210 g/mol. The van der Waals surface area contributed by atoms with Gasteiger partial charge in [0.25, 0.3) is 0 Å². The van der Waals surface area contributed by atoms with Crippen LogP contribution in [-0.2, 0) is 11.2 Å². The van der Waals surface area contributed by atoms with Crippen LogP contribution in [0.4, 0.5) is 0 Å². The first-order valence-corrected chi connectivity index (χ1v) is 5.83. The van der Waals surface area contributed by atoms with E-state index < -0.39 is 5.97 Å². The third kappa shape index (κ3) is 1.36. The van der Waals surface area contributed by atoms with Crippen LogP contribution in [0.2, 0.25) is 0 Å². The van der Waals surface area contributed by atoms with E-state index in [1.807, 2.05) is 6.92 Å². The Morgan fingerprint density at radius 3 is 3.00 bits per heavy atom. The van der Waals surface area contributed by atoms with Crippen LogP contribution in [-0.4, -0.2) is 11.1 Å². The van der Waals surface area contributed by atoms with Crippen LogP contribution in [0.15, 0.2) is 10.8 Å². The summed E-state index contributed by atoms with van der Waals surface area (Å²) in [5.74, 6) is -0.255.